The molecule has 0 radical (unpaired) electrons. The molecule has 116 valence electrons. The molecule has 1 saturated heterocycles. The summed E-state index contributed by atoms with van der Waals surface area (Å²) in [5.74, 6) is 0.409. The van der Waals surface area contributed by atoms with Gasteiger partial charge in [0, 0.05) is 30.8 Å². The first kappa shape index (κ1) is 15.8. The number of benzene rings is 1. The van der Waals surface area contributed by atoms with Crippen molar-refractivity contribution in [3.05, 3.63) is 29.8 Å². The molecule has 0 saturated carbocycles. The van der Waals surface area contributed by atoms with Crippen LogP contribution in [-0.4, -0.2) is 32.3 Å². The molecule has 2 amide bonds. The van der Waals surface area contributed by atoms with Gasteiger partial charge in [-0.15, -0.1) is 0 Å². The van der Waals surface area contributed by atoms with Gasteiger partial charge < -0.3 is 20.7 Å². The van der Waals surface area contributed by atoms with Crippen molar-refractivity contribution >= 4 is 11.7 Å². The molecule has 1 aromatic carbocycles. The number of hydrogen-bond acceptors (Lipinski definition) is 3. The molecule has 1 aliphatic heterocycles. The number of ether oxygens (including phenoxy) is 1. The van der Waals surface area contributed by atoms with Crippen LogP contribution in [0.15, 0.2) is 24.3 Å². The lowest BCUT2D eigenvalue weighted by atomic mass is 10.0. The lowest BCUT2D eigenvalue weighted by Crippen LogP contribution is -2.35. The maximum atomic E-state index is 11.9. The molecule has 5 heteroatoms. The molecule has 0 aromatic heterocycles. The Balaban J connectivity index is 1.84. The predicted molar refractivity (Wildman–Crippen MR) is 84.5 cm³/mol. The molecule has 1 aliphatic rings. The van der Waals surface area contributed by atoms with E-state index in [1.807, 2.05) is 31.3 Å². The zero-order valence-corrected chi connectivity index (χ0v) is 13.0. The van der Waals surface area contributed by atoms with Crippen LogP contribution in [0.1, 0.15) is 31.9 Å². The van der Waals surface area contributed by atoms with Crippen molar-refractivity contribution in [2.75, 3.05) is 25.5 Å². The molecule has 21 heavy (non-hydrogen) atoms. The molecule has 1 aromatic rings. The number of carbonyl (C=O) groups excluding carboxylic acids is 1. The van der Waals surface area contributed by atoms with Crippen molar-refractivity contribution in [1.29, 1.82) is 0 Å². The van der Waals surface area contributed by atoms with Crippen LogP contribution < -0.4 is 16.0 Å². The fourth-order valence-electron chi connectivity index (χ4n) is 2.50. The van der Waals surface area contributed by atoms with Crippen molar-refractivity contribution in [2.45, 2.75) is 32.4 Å². The third-order valence-corrected chi connectivity index (χ3v) is 4.14. The molecule has 0 aliphatic carbocycles. The Kier molecular flexibility index (Phi) is 5.59. The number of anilines is 1. The largest absolute Gasteiger partial charge is 0.378 e. The maximum Gasteiger partial charge on any atom is 0.319 e. The van der Waals surface area contributed by atoms with Gasteiger partial charge in [0.25, 0.3) is 0 Å². The SMILES string of the molecule is CNC(C)c1cccc(NC(=O)NCC2CCOC2C)c1. The number of urea groups is 1. The highest BCUT2D eigenvalue weighted by molar-refractivity contribution is 5.89. The van der Waals surface area contributed by atoms with Crippen molar-refractivity contribution in [2.24, 2.45) is 5.92 Å². The van der Waals surface area contributed by atoms with Crippen LogP contribution in [0.5, 0.6) is 0 Å². The maximum absolute atomic E-state index is 11.9. The lowest BCUT2D eigenvalue weighted by Gasteiger charge is -2.16. The molecule has 0 bridgehead atoms. The topological polar surface area (TPSA) is 62.4 Å². The van der Waals surface area contributed by atoms with Gasteiger partial charge >= 0.3 is 6.03 Å². The van der Waals surface area contributed by atoms with E-state index in [0.29, 0.717) is 12.5 Å². The number of amides is 2. The van der Waals surface area contributed by atoms with E-state index in [1.165, 1.54) is 0 Å². The standard InChI is InChI=1S/C16H25N3O2/c1-11(17-3)13-5-4-6-15(9-13)19-16(20)18-10-14-7-8-21-12(14)2/h4-6,9,11-12,14,17H,7-8,10H2,1-3H3,(H2,18,19,20). The van der Waals surface area contributed by atoms with E-state index in [1.54, 1.807) is 0 Å². The fraction of sp³-hybridized carbons (Fsp3) is 0.562. The second-order valence-corrected chi connectivity index (χ2v) is 5.60. The van der Waals surface area contributed by atoms with Crippen molar-refractivity contribution < 1.29 is 9.53 Å². The summed E-state index contributed by atoms with van der Waals surface area (Å²) < 4.78 is 5.49. The average molecular weight is 291 g/mol. The first-order valence-electron chi connectivity index (χ1n) is 7.54. The lowest BCUT2D eigenvalue weighted by molar-refractivity contribution is 0.106. The van der Waals surface area contributed by atoms with E-state index >= 15 is 0 Å². The molecule has 2 rings (SSSR count). The number of hydrogen-bond donors (Lipinski definition) is 3. The van der Waals surface area contributed by atoms with Crippen molar-refractivity contribution in [3.63, 3.8) is 0 Å². The van der Waals surface area contributed by atoms with Gasteiger partial charge in [-0.3, -0.25) is 0 Å². The van der Waals surface area contributed by atoms with E-state index in [0.717, 1.165) is 24.3 Å². The van der Waals surface area contributed by atoms with Gasteiger partial charge in [0.05, 0.1) is 6.10 Å². The number of nitrogens with one attached hydrogen (secondary N) is 3. The summed E-state index contributed by atoms with van der Waals surface area (Å²) >= 11 is 0. The Bertz CT molecular complexity index is 478. The van der Waals surface area contributed by atoms with Crippen LogP contribution in [0.2, 0.25) is 0 Å². The highest BCUT2D eigenvalue weighted by atomic mass is 16.5. The Labute approximate surface area is 126 Å². The smallest absolute Gasteiger partial charge is 0.319 e. The highest BCUT2D eigenvalue weighted by Gasteiger charge is 2.24. The van der Waals surface area contributed by atoms with Gasteiger partial charge in [-0.25, -0.2) is 4.79 Å². The molecule has 3 atom stereocenters. The first-order valence-corrected chi connectivity index (χ1v) is 7.54. The van der Waals surface area contributed by atoms with Gasteiger partial charge in [-0.05, 0) is 45.0 Å². The molecular weight excluding hydrogens is 266 g/mol. The van der Waals surface area contributed by atoms with Gasteiger partial charge in [0.15, 0.2) is 0 Å². The summed E-state index contributed by atoms with van der Waals surface area (Å²) in [4.78, 5) is 11.9. The Hall–Kier alpha value is -1.59. The van der Waals surface area contributed by atoms with Gasteiger partial charge in [-0.2, -0.15) is 0 Å². The highest BCUT2D eigenvalue weighted by Crippen LogP contribution is 2.19. The Morgan fingerprint density at radius 1 is 1.48 bits per heavy atom. The average Bonchev–Trinajstić information content (AvgIpc) is 2.90. The van der Waals surface area contributed by atoms with Crippen molar-refractivity contribution in [3.8, 4) is 0 Å². The third kappa shape index (κ3) is 4.44. The zero-order valence-electron chi connectivity index (χ0n) is 13.0. The minimum Gasteiger partial charge on any atom is -0.378 e. The first-order chi connectivity index (χ1) is 10.1. The van der Waals surface area contributed by atoms with Gasteiger partial charge in [0.2, 0.25) is 0 Å². The number of carbonyl (C=O) groups is 1. The van der Waals surface area contributed by atoms with Crippen molar-refractivity contribution in [1.82, 2.24) is 10.6 Å². The van der Waals surface area contributed by atoms with E-state index in [-0.39, 0.29) is 18.2 Å². The normalized spacial score (nSPS) is 22.8. The van der Waals surface area contributed by atoms with E-state index in [9.17, 15) is 4.79 Å². The predicted octanol–water partition coefficient (Wildman–Crippen LogP) is 2.51. The quantitative estimate of drug-likeness (QED) is 0.781. The van der Waals surface area contributed by atoms with Crippen LogP contribution in [0.25, 0.3) is 0 Å². The van der Waals surface area contributed by atoms with E-state index < -0.39 is 0 Å². The summed E-state index contributed by atoms with van der Waals surface area (Å²) in [6.45, 7) is 5.58. The van der Waals surface area contributed by atoms with Gasteiger partial charge in [0.1, 0.15) is 0 Å². The van der Waals surface area contributed by atoms with Crippen LogP contribution in [0.3, 0.4) is 0 Å². The van der Waals surface area contributed by atoms with Gasteiger partial charge in [-0.1, -0.05) is 12.1 Å². The summed E-state index contributed by atoms with van der Waals surface area (Å²) in [5, 5.41) is 8.99. The van der Waals surface area contributed by atoms with Crippen LogP contribution >= 0.6 is 0 Å². The second-order valence-electron chi connectivity index (χ2n) is 5.60. The summed E-state index contributed by atoms with van der Waals surface area (Å²) in [6, 6.07) is 7.97. The monoisotopic (exact) mass is 291 g/mol. The van der Waals surface area contributed by atoms with Crippen LogP contribution in [0, 0.1) is 5.92 Å². The second kappa shape index (κ2) is 7.43. The van der Waals surface area contributed by atoms with Crippen LogP contribution in [-0.2, 0) is 4.74 Å². The zero-order chi connectivity index (χ0) is 15.2. The summed E-state index contributed by atoms with van der Waals surface area (Å²) in [6.07, 6.45) is 1.24. The summed E-state index contributed by atoms with van der Waals surface area (Å²) in [7, 11) is 1.92. The molecule has 3 unspecified atom stereocenters. The molecular formula is C16H25N3O2. The molecule has 5 nitrogen and oxygen atoms in total. The summed E-state index contributed by atoms with van der Waals surface area (Å²) in [5.41, 5.74) is 1.95. The minimum atomic E-state index is -0.164. The fourth-order valence-corrected chi connectivity index (χ4v) is 2.50. The van der Waals surface area contributed by atoms with E-state index in [2.05, 4.69) is 29.8 Å². The molecule has 1 heterocycles. The third-order valence-electron chi connectivity index (χ3n) is 4.14. The number of rotatable bonds is 5. The van der Waals surface area contributed by atoms with E-state index in [4.69, 9.17) is 4.74 Å². The molecule has 0 spiro atoms. The molecule has 3 N–H and O–H groups in total. The minimum absolute atomic E-state index is 0.164. The molecule has 1 fully saturated rings. The Morgan fingerprint density at radius 3 is 2.95 bits per heavy atom. The Morgan fingerprint density at radius 2 is 2.29 bits per heavy atom. The van der Waals surface area contributed by atoms with Crippen LogP contribution in [0.4, 0.5) is 10.5 Å².